The van der Waals surface area contributed by atoms with Crippen molar-refractivity contribution in [2.45, 2.75) is 13.2 Å². The maximum absolute atomic E-state index is 9.36. The average molecular weight is 263 g/mol. The van der Waals surface area contributed by atoms with E-state index in [0.717, 1.165) is 23.4 Å². The number of aromatic nitrogens is 1. The Bertz CT molecular complexity index is 516. The van der Waals surface area contributed by atoms with Gasteiger partial charge in [0.1, 0.15) is 0 Å². The number of para-hydroxylation sites is 1. The molecule has 94 valence electrons. The van der Waals surface area contributed by atoms with Gasteiger partial charge in [-0.05, 0) is 23.8 Å². The molecule has 0 radical (unpaired) electrons. The monoisotopic (exact) mass is 262 g/mol. The lowest BCUT2D eigenvalue weighted by Gasteiger charge is -2.23. The molecule has 3 nitrogen and oxygen atoms in total. The van der Waals surface area contributed by atoms with Crippen LogP contribution in [0.1, 0.15) is 11.1 Å². The molecule has 0 saturated heterocycles. The maximum atomic E-state index is 9.36. The highest BCUT2D eigenvalue weighted by atomic mass is 35.5. The molecule has 1 N–H and O–H groups in total. The summed E-state index contributed by atoms with van der Waals surface area (Å²) >= 11 is 6.20. The molecule has 0 saturated carbocycles. The molecule has 1 heterocycles. The van der Waals surface area contributed by atoms with Crippen LogP contribution in [0.2, 0.25) is 5.02 Å². The van der Waals surface area contributed by atoms with E-state index in [9.17, 15) is 5.11 Å². The summed E-state index contributed by atoms with van der Waals surface area (Å²) in [4.78, 5) is 6.02. The lowest BCUT2D eigenvalue weighted by molar-refractivity contribution is 0.282. The predicted octanol–water partition coefficient (Wildman–Crippen LogP) is 2.86. The third kappa shape index (κ3) is 2.81. The summed E-state index contributed by atoms with van der Waals surface area (Å²) in [6, 6.07) is 9.49. The zero-order valence-electron chi connectivity index (χ0n) is 10.2. The second-order valence-electron chi connectivity index (χ2n) is 4.12. The first-order chi connectivity index (χ1) is 8.72. The molecule has 0 atom stereocenters. The Balaban J connectivity index is 2.26. The van der Waals surface area contributed by atoms with E-state index in [1.165, 1.54) is 0 Å². The van der Waals surface area contributed by atoms with Crippen molar-refractivity contribution in [3.05, 3.63) is 58.9 Å². The van der Waals surface area contributed by atoms with Gasteiger partial charge in [0.2, 0.25) is 0 Å². The maximum Gasteiger partial charge on any atom is 0.0702 e. The molecule has 0 amide bonds. The van der Waals surface area contributed by atoms with Gasteiger partial charge in [-0.2, -0.15) is 0 Å². The number of pyridine rings is 1. The van der Waals surface area contributed by atoms with Crippen LogP contribution in [0.4, 0.5) is 5.69 Å². The summed E-state index contributed by atoms with van der Waals surface area (Å²) < 4.78 is 0. The number of anilines is 1. The molecule has 0 spiro atoms. The van der Waals surface area contributed by atoms with Gasteiger partial charge in [-0.15, -0.1) is 0 Å². The van der Waals surface area contributed by atoms with Gasteiger partial charge in [0.25, 0.3) is 0 Å². The molecule has 0 unspecified atom stereocenters. The van der Waals surface area contributed by atoms with Crippen molar-refractivity contribution < 1.29 is 5.11 Å². The fourth-order valence-corrected chi connectivity index (χ4v) is 2.29. The number of rotatable bonds is 4. The van der Waals surface area contributed by atoms with Crippen molar-refractivity contribution in [1.29, 1.82) is 0 Å². The van der Waals surface area contributed by atoms with Gasteiger partial charge in [-0.1, -0.05) is 23.7 Å². The lowest BCUT2D eigenvalue weighted by Crippen LogP contribution is -2.18. The first kappa shape index (κ1) is 12.9. The summed E-state index contributed by atoms with van der Waals surface area (Å²) in [5.74, 6) is 0. The molecule has 0 aliphatic rings. The summed E-state index contributed by atoms with van der Waals surface area (Å²) in [6.07, 6.45) is 3.53. The summed E-state index contributed by atoms with van der Waals surface area (Å²) in [6.45, 7) is 0.704. The van der Waals surface area contributed by atoms with Crippen LogP contribution in [-0.2, 0) is 13.2 Å². The highest BCUT2D eigenvalue weighted by Crippen LogP contribution is 2.30. The van der Waals surface area contributed by atoms with E-state index in [1.54, 1.807) is 12.4 Å². The third-order valence-corrected chi connectivity index (χ3v) is 3.10. The zero-order chi connectivity index (χ0) is 13.0. The second kappa shape index (κ2) is 5.85. The van der Waals surface area contributed by atoms with E-state index in [0.29, 0.717) is 5.02 Å². The molecule has 4 heteroatoms. The highest BCUT2D eigenvalue weighted by Gasteiger charge is 2.11. The minimum Gasteiger partial charge on any atom is -0.392 e. The quantitative estimate of drug-likeness (QED) is 0.921. The van der Waals surface area contributed by atoms with Crippen molar-refractivity contribution in [3.63, 3.8) is 0 Å². The third-order valence-electron chi connectivity index (χ3n) is 2.79. The molecular formula is C14H15ClN2O. The van der Waals surface area contributed by atoms with E-state index in [2.05, 4.69) is 4.98 Å². The van der Waals surface area contributed by atoms with Crippen LogP contribution in [0.15, 0.2) is 42.7 Å². The molecule has 0 fully saturated rings. The van der Waals surface area contributed by atoms with Crippen molar-refractivity contribution in [1.82, 2.24) is 4.98 Å². The Hall–Kier alpha value is -1.58. The van der Waals surface area contributed by atoms with Crippen LogP contribution in [-0.4, -0.2) is 17.1 Å². The van der Waals surface area contributed by atoms with Gasteiger partial charge in [-0.25, -0.2) is 0 Å². The SMILES string of the molecule is CN(Cc1ccncc1)c1c(Cl)cccc1CO. The van der Waals surface area contributed by atoms with E-state index in [-0.39, 0.29) is 6.61 Å². The van der Waals surface area contributed by atoms with Crippen molar-refractivity contribution in [3.8, 4) is 0 Å². The summed E-state index contributed by atoms with van der Waals surface area (Å²) in [7, 11) is 1.96. The van der Waals surface area contributed by atoms with Crippen LogP contribution < -0.4 is 4.90 Å². The highest BCUT2D eigenvalue weighted by molar-refractivity contribution is 6.33. The van der Waals surface area contributed by atoms with E-state index < -0.39 is 0 Å². The van der Waals surface area contributed by atoms with Crippen LogP contribution in [0.25, 0.3) is 0 Å². The van der Waals surface area contributed by atoms with Crippen molar-refractivity contribution in [2.24, 2.45) is 0 Å². The fraction of sp³-hybridized carbons (Fsp3) is 0.214. The Morgan fingerprint density at radius 2 is 1.94 bits per heavy atom. The second-order valence-corrected chi connectivity index (χ2v) is 4.52. The van der Waals surface area contributed by atoms with Crippen LogP contribution in [0, 0.1) is 0 Å². The van der Waals surface area contributed by atoms with Gasteiger partial charge >= 0.3 is 0 Å². The normalized spacial score (nSPS) is 10.4. The summed E-state index contributed by atoms with van der Waals surface area (Å²) in [5, 5.41) is 10.0. The van der Waals surface area contributed by atoms with Gasteiger partial charge in [0, 0.05) is 31.5 Å². The minimum absolute atomic E-state index is 0.0173. The standard InChI is InChI=1S/C14H15ClN2O/c1-17(9-11-5-7-16-8-6-11)14-12(10-18)3-2-4-13(14)15/h2-8,18H,9-10H2,1H3. The lowest BCUT2D eigenvalue weighted by atomic mass is 10.1. The number of hydrogen-bond acceptors (Lipinski definition) is 3. The Kier molecular flexibility index (Phi) is 4.18. The predicted molar refractivity (Wildman–Crippen MR) is 73.7 cm³/mol. The largest absolute Gasteiger partial charge is 0.392 e. The smallest absolute Gasteiger partial charge is 0.0702 e. The van der Waals surface area contributed by atoms with Gasteiger partial charge < -0.3 is 10.0 Å². The van der Waals surface area contributed by atoms with Crippen LogP contribution in [0.3, 0.4) is 0 Å². The zero-order valence-corrected chi connectivity index (χ0v) is 10.9. The van der Waals surface area contributed by atoms with Crippen molar-refractivity contribution >= 4 is 17.3 Å². The van der Waals surface area contributed by atoms with E-state index in [4.69, 9.17) is 11.6 Å². The Labute approximate surface area is 112 Å². The molecule has 1 aromatic carbocycles. The Morgan fingerprint density at radius 1 is 1.22 bits per heavy atom. The number of hydrogen-bond donors (Lipinski definition) is 1. The number of benzene rings is 1. The summed E-state index contributed by atoms with van der Waals surface area (Å²) in [5.41, 5.74) is 2.86. The van der Waals surface area contributed by atoms with Crippen LogP contribution >= 0.6 is 11.6 Å². The molecule has 1 aromatic heterocycles. The topological polar surface area (TPSA) is 36.4 Å². The fourth-order valence-electron chi connectivity index (χ4n) is 1.96. The molecule has 0 bridgehead atoms. The Morgan fingerprint density at radius 3 is 2.61 bits per heavy atom. The van der Waals surface area contributed by atoms with Gasteiger partial charge in [-0.3, -0.25) is 4.98 Å². The number of aliphatic hydroxyl groups is 1. The average Bonchev–Trinajstić information content (AvgIpc) is 2.39. The molecule has 0 aliphatic heterocycles. The first-order valence-corrected chi connectivity index (χ1v) is 6.08. The van der Waals surface area contributed by atoms with Gasteiger partial charge in [0.05, 0.1) is 17.3 Å². The number of nitrogens with zero attached hydrogens (tertiary/aromatic N) is 2. The molecule has 18 heavy (non-hydrogen) atoms. The number of halogens is 1. The molecular weight excluding hydrogens is 248 g/mol. The molecule has 2 aromatic rings. The number of aliphatic hydroxyl groups excluding tert-OH is 1. The van der Waals surface area contributed by atoms with Gasteiger partial charge in [0.15, 0.2) is 0 Å². The minimum atomic E-state index is -0.0173. The van der Waals surface area contributed by atoms with Crippen molar-refractivity contribution in [2.75, 3.05) is 11.9 Å². The molecule has 0 aliphatic carbocycles. The van der Waals surface area contributed by atoms with E-state index in [1.807, 2.05) is 42.3 Å². The van der Waals surface area contributed by atoms with Crippen LogP contribution in [0.5, 0.6) is 0 Å². The first-order valence-electron chi connectivity index (χ1n) is 5.70. The van der Waals surface area contributed by atoms with E-state index >= 15 is 0 Å². The molecule has 2 rings (SSSR count).